The van der Waals surface area contributed by atoms with Crippen LogP contribution in [0, 0.1) is 0 Å². The van der Waals surface area contributed by atoms with Crippen molar-refractivity contribution in [3.63, 3.8) is 0 Å². The number of carboxylic acid groups (broad SMARTS) is 1. The van der Waals surface area contributed by atoms with Gasteiger partial charge in [-0.2, -0.15) is 12.6 Å². The lowest BCUT2D eigenvalue weighted by molar-refractivity contribution is -0.141. The van der Waals surface area contributed by atoms with Gasteiger partial charge in [0.25, 0.3) is 0 Å². The van der Waals surface area contributed by atoms with E-state index < -0.39 is 83.7 Å². The van der Waals surface area contributed by atoms with Gasteiger partial charge in [0.1, 0.15) is 36.0 Å². The third-order valence-electron chi connectivity index (χ3n) is 8.10. The molecule has 0 fully saturated rings. The zero-order valence-electron chi connectivity index (χ0n) is 30.2. The van der Waals surface area contributed by atoms with Crippen LogP contribution in [0.2, 0.25) is 0 Å². The van der Waals surface area contributed by atoms with E-state index in [2.05, 4.69) is 44.5 Å². The lowest BCUT2D eigenvalue weighted by Gasteiger charge is -2.27. The minimum absolute atomic E-state index is 0.0431. The number of benzene rings is 2. The van der Waals surface area contributed by atoms with Crippen molar-refractivity contribution < 1.29 is 48.6 Å². The first-order valence-electron chi connectivity index (χ1n) is 17.2. The molecule has 0 saturated carbocycles. The number of hydrogen-bond donors (Lipinski definition) is 12. The van der Waals surface area contributed by atoms with Crippen LogP contribution >= 0.6 is 12.6 Å². The van der Waals surface area contributed by atoms with Crippen LogP contribution in [0.4, 0.5) is 4.79 Å². The van der Waals surface area contributed by atoms with E-state index in [1.807, 2.05) is 0 Å². The predicted molar refractivity (Wildman–Crippen MR) is 202 cm³/mol. The van der Waals surface area contributed by atoms with Crippen molar-refractivity contribution in [3.8, 4) is 5.75 Å². The topological polar surface area (TPSA) is 327 Å². The van der Waals surface area contributed by atoms with Crippen molar-refractivity contribution in [3.05, 3.63) is 65.7 Å². The summed E-state index contributed by atoms with van der Waals surface area (Å²) in [6.07, 6.45) is -0.829. The summed E-state index contributed by atoms with van der Waals surface area (Å²) in [6, 6.07) is 5.56. The van der Waals surface area contributed by atoms with Crippen LogP contribution in [0.1, 0.15) is 43.7 Å². The maximum atomic E-state index is 14.0. The molecule has 0 saturated heterocycles. The largest absolute Gasteiger partial charge is 0.508 e. The molecule has 19 nitrogen and oxygen atoms in total. The van der Waals surface area contributed by atoms with Crippen molar-refractivity contribution in [2.24, 2.45) is 17.2 Å². The van der Waals surface area contributed by atoms with Gasteiger partial charge < -0.3 is 59.3 Å². The molecule has 2 rings (SSSR count). The van der Waals surface area contributed by atoms with E-state index in [4.69, 9.17) is 17.2 Å². The molecule has 6 atom stereocenters. The summed E-state index contributed by atoms with van der Waals surface area (Å²) in [6.45, 7) is 1.30. The van der Waals surface area contributed by atoms with E-state index in [-0.39, 0.29) is 56.6 Å². The fourth-order valence-electron chi connectivity index (χ4n) is 5.03. The van der Waals surface area contributed by atoms with Crippen molar-refractivity contribution in [2.75, 3.05) is 12.3 Å². The number of thiol groups is 1. The number of carbonyl (C=O) groups excluding carboxylic acids is 7. The van der Waals surface area contributed by atoms with Crippen molar-refractivity contribution in [1.29, 1.82) is 0 Å². The zero-order valence-corrected chi connectivity index (χ0v) is 31.1. The van der Waals surface area contributed by atoms with Gasteiger partial charge in [0.2, 0.25) is 35.4 Å². The summed E-state index contributed by atoms with van der Waals surface area (Å²) in [4.78, 5) is 102. The number of phenols is 1. The second-order valence-electron chi connectivity index (χ2n) is 12.6. The summed E-state index contributed by atoms with van der Waals surface area (Å²) in [5.41, 5.74) is 17.3. The Kier molecular flexibility index (Phi) is 18.9. The van der Waals surface area contributed by atoms with Crippen molar-refractivity contribution in [2.45, 2.75) is 81.7 Å². The number of aliphatic carboxylic acids is 1. The van der Waals surface area contributed by atoms with Crippen LogP contribution in [0.15, 0.2) is 54.6 Å². The molecule has 0 spiro atoms. The Labute approximate surface area is 322 Å². The Morgan fingerprint density at radius 1 is 0.673 bits per heavy atom. The zero-order chi connectivity index (χ0) is 41.1. The maximum absolute atomic E-state index is 14.0. The first kappa shape index (κ1) is 45.3. The van der Waals surface area contributed by atoms with E-state index in [1.165, 1.54) is 31.2 Å². The minimum atomic E-state index is -1.49. The summed E-state index contributed by atoms with van der Waals surface area (Å²) < 4.78 is 0. The van der Waals surface area contributed by atoms with E-state index in [0.29, 0.717) is 11.1 Å². The van der Waals surface area contributed by atoms with Crippen LogP contribution in [0.3, 0.4) is 0 Å². The average Bonchev–Trinajstić information content (AvgIpc) is 3.14. The smallest absolute Gasteiger partial charge is 0.325 e. The molecule has 0 heterocycles. The van der Waals surface area contributed by atoms with Gasteiger partial charge in [0.05, 0.1) is 6.04 Å². The number of nitrogens with two attached hydrogens (primary N) is 3. The number of rotatable bonds is 23. The summed E-state index contributed by atoms with van der Waals surface area (Å²) in [5, 5.41) is 34.0. The number of urea groups is 1. The SMILES string of the molecule is C[C@H](NC(=O)[C@H](Cc1ccccc1)NC(=O)[C@H](Cc1ccc(O)cc1)NC(=O)[C@H](CCC(N)=O)NC(=O)[C@H](CCCNC(N)=O)NC(=O)[C@@H](N)CS)C(=O)O. The molecule has 2 aromatic carbocycles. The number of nitrogens with one attached hydrogen (secondary N) is 6. The van der Waals surface area contributed by atoms with Crippen LogP contribution in [-0.4, -0.2) is 106 Å². The summed E-state index contributed by atoms with van der Waals surface area (Å²) >= 11 is 4.00. The second kappa shape index (κ2) is 23.0. The Bertz CT molecular complexity index is 1650. The lowest BCUT2D eigenvalue weighted by atomic mass is 10.0. The van der Waals surface area contributed by atoms with Gasteiger partial charge in [-0.15, -0.1) is 0 Å². The highest BCUT2D eigenvalue weighted by Crippen LogP contribution is 2.13. The average molecular weight is 788 g/mol. The molecule has 0 aliphatic heterocycles. The van der Waals surface area contributed by atoms with Crippen LogP contribution in [-0.2, 0) is 46.4 Å². The Morgan fingerprint density at radius 3 is 1.65 bits per heavy atom. The maximum Gasteiger partial charge on any atom is 0.325 e. The summed E-state index contributed by atoms with van der Waals surface area (Å²) in [7, 11) is 0. The molecule has 14 N–H and O–H groups in total. The van der Waals surface area contributed by atoms with E-state index in [1.54, 1.807) is 30.3 Å². The molecule has 8 amide bonds. The molecule has 55 heavy (non-hydrogen) atoms. The minimum Gasteiger partial charge on any atom is -0.508 e. The standard InChI is InChI=1S/C35H49N9O10S/c1-19(34(52)53)40-32(50)26(16-20-6-3-2-4-7-20)44-33(51)27(17-21-9-11-22(45)12-10-21)43-31(49)25(13-14-28(37)46)42-30(48)24(8-5-15-39-35(38)54)41-29(47)23(36)18-55/h2-4,6-7,9-12,19,23-27,45,55H,5,8,13-18,36H2,1H3,(H2,37,46)(H,40,50)(H,41,47)(H,42,48)(H,43,49)(H,44,51)(H,52,53)(H3,38,39,54)/t19-,23-,24-,25-,26-,27-/m0/s1. The molecular weight excluding hydrogens is 739 g/mol. The van der Waals surface area contributed by atoms with E-state index in [9.17, 15) is 48.6 Å². The van der Waals surface area contributed by atoms with Gasteiger partial charge in [-0.25, -0.2) is 4.79 Å². The number of carboxylic acids is 1. The summed E-state index contributed by atoms with van der Waals surface area (Å²) in [5.74, 6) is -6.46. The molecule has 300 valence electrons. The molecular formula is C35H49N9O10S. The molecule has 20 heteroatoms. The van der Waals surface area contributed by atoms with Gasteiger partial charge in [0, 0.05) is 31.6 Å². The van der Waals surface area contributed by atoms with Gasteiger partial charge in [-0.3, -0.25) is 33.6 Å². The third kappa shape index (κ3) is 16.8. The first-order chi connectivity index (χ1) is 26.0. The van der Waals surface area contributed by atoms with E-state index in [0.717, 1.165) is 0 Å². The third-order valence-corrected chi connectivity index (χ3v) is 8.50. The lowest BCUT2D eigenvalue weighted by Crippen LogP contribution is -2.60. The van der Waals surface area contributed by atoms with Crippen molar-refractivity contribution in [1.82, 2.24) is 31.9 Å². The Morgan fingerprint density at radius 2 is 1.15 bits per heavy atom. The van der Waals surface area contributed by atoms with Crippen LogP contribution in [0.25, 0.3) is 0 Å². The number of phenolic OH excluding ortho intramolecular Hbond substituents is 1. The first-order valence-corrected chi connectivity index (χ1v) is 17.9. The molecule has 0 unspecified atom stereocenters. The number of primary amides is 2. The molecule has 0 radical (unpaired) electrons. The fourth-order valence-corrected chi connectivity index (χ4v) is 5.20. The monoisotopic (exact) mass is 787 g/mol. The number of carbonyl (C=O) groups is 8. The Balaban J connectivity index is 2.43. The number of amides is 8. The van der Waals surface area contributed by atoms with Crippen molar-refractivity contribution >= 4 is 60.1 Å². The molecule has 0 aliphatic carbocycles. The number of aromatic hydroxyl groups is 1. The predicted octanol–water partition coefficient (Wildman–Crippen LogP) is -2.32. The van der Waals surface area contributed by atoms with Gasteiger partial charge in [-0.1, -0.05) is 42.5 Å². The van der Waals surface area contributed by atoms with Gasteiger partial charge >= 0.3 is 12.0 Å². The highest BCUT2D eigenvalue weighted by atomic mass is 32.1. The van der Waals surface area contributed by atoms with Crippen LogP contribution in [0.5, 0.6) is 5.75 Å². The van der Waals surface area contributed by atoms with Crippen LogP contribution < -0.4 is 49.1 Å². The molecule has 2 aromatic rings. The van der Waals surface area contributed by atoms with E-state index >= 15 is 0 Å². The highest BCUT2D eigenvalue weighted by molar-refractivity contribution is 7.80. The fraction of sp³-hybridized carbons (Fsp3) is 0.429. The number of hydrogen-bond acceptors (Lipinski definition) is 11. The highest BCUT2D eigenvalue weighted by Gasteiger charge is 2.33. The second-order valence-corrected chi connectivity index (χ2v) is 13.0. The van der Waals surface area contributed by atoms with Gasteiger partial charge in [0.15, 0.2) is 0 Å². The molecule has 0 aromatic heterocycles. The Hall–Kier alpha value is -5.89. The normalized spacial score (nSPS) is 14.0. The van der Waals surface area contributed by atoms with Gasteiger partial charge in [-0.05, 0) is 49.4 Å². The molecule has 0 aliphatic rings. The molecule has 0 bridgehead atoms. The quantitative estimate of drug-likeness (QED) is 0.0419.